The zero-order valence-corrected chi connectivity index (χ0v) is 10.9. The topological polar surface area (TPSA) is 86.9 Å². The number of fused-ring (bicyclic) bond motifs is 1. The third-order valence-corrected chi connectivity index (χ3v) is 2.90. The molecule has 0 aliphatic heterocycles. The quantitative estimate of drug-likeness (QED) is 0.731. The maximum absolute atomic E-state index is 11.9. The summed E-state index contributed by atoms with van der Waals surface area (Å²) >= 11 is 0. The molecule has 0 fully saturated rings. The first kappa shape index (κ1) is 13.5. The van der Waals surface area contributed by atoms with E-state index in [2.05, 4.69) is 10.3 Å². The van der Waals surface area contributed by atoms with Gasteiger partial charge in [-0.1, -0.05) is 6.07 Å². The van der Waals surface area contributed by atoms with Crippen LogP contribution in [0.3, 0.4) is 0 Å². The molecular weight excluding hydrogens is 246 g/mol. The second kappa shape index (κ2) is 4.99. The summed E-state index contributed by atoms with van der Waals surface area (Å²) in [6.45, 7) is 2.92. The van der Waals surface area contributed by atoms with Crippen molar-refractivity contribution in [2.45, 2.75) is 19.4 Å². The van der Waals surface area contributed by atoms with Crippen LogP contribution < -0.4 is 5.32 Å². The number of carbonyl (C=O) groups is 1. The van der Waals surface area contributed by atoms with Crippen LogP contribution in [-0.4, -0.2) is 44.3 Å². The van der Waals surface area contributed by atoms with Crippen molar-refractivity contribution in [1.82, 2.24) is 14.7 Å². The number of nitrogens with one attached hydrogen (secondary N) is 1. The Bertz CT molecular complexity index is 604. The first-order chi connectivity index (χ1) is 8.93. The third kappa shape index (κ3) is 2.91. The number of imidazole rings is 1. The van der Waals surface area contributed by atoms with Crippen molar-refractivity contribution in [2.24, 2.45) is 0 Å². The van der Waals surface area contributed by atoms with Crippen LogP contribution in [0.2, 0.25) is 0 Å². The van der Waals surface area contributed by atoms with Crippen molar-refractivity contribution in [3.05, 3.63) is 35.8 Å². The van der Waals surface area contributed by atoms with Crippen LogP contribution >= 0.6 is 0 Å². The van der Waals surface area contributed by atoms with Crippen LogP contribution in [0.1, 0.15) is 23.1 Å². The zero-order chi connectivity index (χ0) is 14.0. The molecule has 19 heavy (non-hydrogen) atoms. The van der Waals surface area contributed by atoms with Crippen LogP contribution in [0, 0.1) is 6.92 Å². The van der Waals surface area contributed by atoms with Gasteiger partial charge in [-0.15, -0.1) is 0 Å². The first-order valence-corrected chi connectivity index (χ1v) is 5.99. The van der Waals surface area contributed by atoms with Crippen LogP contribution in [-0.2, 0) is 0 Å². The molecule has 0 saturated carbocycles. The molecule has 0 spiro atoms. The average molecular weight is 263 g/mol. The average Bonchev–Trinajstić information content (AvgIpc) is 2.81. The van der Waals surface area contributed by atoms with E-state index in [-0.39, 0.29) is 18.1 Å². The van der Waals surface area contributed by atoms with E-state index < -0.39 is 12.2 Å². The minimum atomic E-state index is -1.33. The predicted molar refractivity (Wildman–Crippen MR) is 70.0 cm³/mol. The van der Waals surface area contributed by atoms with Crippen molar-refractivity contribution in [3.63, 3.8) is 0 Å². The monoisotopic (exact) mass is 263 g/mol. The fraction of sp³-hybridized carbons (Fsp3) is 0.385. The third-order valence-electron chi connectivity index (χ3n) is 2.90. The Balaban J connectivity index is 2.16. The Morgan fingerprint density at radius 1 is 1.53 bits per heavy atom. The van der Waals surface area contributed by atoms with E-state index in [0.717, 1.165) is 5.69 Å². The van der Waals surface area contributed by atoms with Gasteiger partial charge >= 0.3 is 0 Å². The van der Waals surface area contributed by atoms with Gasteiger partial charge in [-0.25, -0.2) is 4.98 Å². The summed E-state index contributed by atoms with van der Waals surface area (Å²) in [6.07, 6.45) is 1.65. The number of pyridine rings is 1. The second-order valence-corrected chi connectivity index (χ2v) is 4.86. The van der Waals surface area contributed by atoms with E-state index >= 15 is 0 Å². The molecule has 2 rings (SSSR count). The van der Waals surface area contributed by atoms with E-state index in [0.29, 0.717) is 5.65 Å². The van der Waals surface area contributed by atoms with Crippen molar-refractivity contribution >= 4 is 11.6 Å². The van der Waals surface area contributed by atoms with Gasteiger partial charge in [0.1, 0.15) is 16.9 Å². The molecule has 6 nitrogen and oxygen atoms in total. The highest BCUT2D eigenvalue weighted by atomic mass is 16.3. The highest BCUT2D eigenvalue weighted by Gasteiger charge is 2.21. The van der Waals surface area contributed by atoms with Crippen LogP contribution in [0.4, 0.5) is 0 Å². The standard InChI is InChI=1S/C13H17N3O3/c1-9-4-3-5-11-15-10(6-16(9)11)12(18)14-7-13(2,19)8-17/h3-6,17,19H,7-8H2,1-2H3,(H,14,18). The lowest BCUT2D eigenvalue weighted by molar-refractivity contribution is 0.00316. The maximum Gasteiger partial charge on any atom is 0.271 e. The van der Waals surface area contributed by atoms with Gasteiger partial charge < -0.3 is 19.9 Å². The molecule has 6 heteroatoms. The lowest BCUT2D eigenvalue weighted by atomic mass is 10.1. The molecular formula is C13H17N3O3. The Morgan fingerprint density at radius 2 is 2.26 bits per heavy atom. The van der Waals surface area contributed by atoms with E-state index in [1.807, 2.05) is 29.5 Å². The molecule has 1 amide bonds. The van der Waals surface area contributed by atoms with E-state index in [9.17, 15) is 9.90 Å². The molecule has 2 aromatic heterocycles. The van der Waals surface area contributed by atoms with Crippen molar-refractivity contribution in [2.75, 3.05) is 13.2 Å². The molecule has 0 aliphatic rings. The highest BCUT2D eigenvalue weighted by molar-refractivity contribution is 5.92. The molecule has 1 atom stereocenters. The number of carbonyl (C=O) groups excluding carboxylic acids is 1. The summed E-state index contributed by atoms with van der Waals surface area (Å²) < 4.78 is 1.82. The largest absolute Gasteiger partial charge is 0.393 e. The van der Waals surface area contributed by atoms with Gasteiger partial charge in [-0.2, -0.15) is 0 Å². The van der Waals surface area contributed by atoms with Crippen LogP contribution in [0.15, 0.2) is 24.4 Å². The minimum Gasteiger partial charge on any atom is -0.393 e. The summed E-state index contributed by atoms with van der Waals surface area (Å²) in [5.74, 6) is -0.378. The number of aliphatic hydroxyl groups is 2. The predicted octanol–water partition coefficient (Wildman–Crippen LogP) is 0.116. The summed E-state index contributed by atoms with van der Waals surface area (Å²) in [6, 6.07) is 5.61. The first-order valence-electron chi connectivity index (χ1n) is 5.99. The maximum atomic E-state index is 11.9. The molecule has 0 aliphatic carbocycles. The summed E-state index contributed by atoms with van der Waals surface area (Å²) in [5, 5.41) is 21.1. The number of aliphatic hydroxyl groups excluding tert-OH is 1. The molecule has 2 heterocycles. The number of nitrogens with zero attached hydrogens (tertiary/aromatic N) is 2. The molecule has 0 saturated heterocycles. The number of hydrogen-bond acceptors (Lipinski definition) is 4. The fourth-order valence-electron chi connectivity index (χ4n) is 1.67. The van der Waals surface area contributed by atoms with E-state index in [4.69, 9.17) is 5.11 Å². The van der Waals surface area contributed by atoms with Crippen LogP contribution in [0.25, 0.3) is 5.65 Å². The molecule has 0 bridgehead atoms. The SMILES string of the molecule is Cc1cccc2nc(C(=O)NCC(C)(O)CO)cn12. The molecule has 3 N–H and O–H groups in total. The summed E-state index contributed by atoms with van der Waals surface area (Å²) in [7, 11) is 0. The summed E-state index contributed by atoms with van der Waals surface area (Å²) in [5.41, 5.74) is 0.624. The second-order valence-electron chi connectivity index (χ2n) is 4.86. The fourth-order valence-corrected chi connectivity index (χ4v) is 1.67. The van der Waals surface area contributed by atoms with Gasteiger partial charge in [0, 0.05) is 18.4 Å². The van der Waals surface area contributed by atoms with Crippen molar-refractivity contribution < 1.29 is 15.0 Å². The molecule has 1 unspecified atom stereocenters. The van der Waals surface area contributed by atoms with Gasteiger partial charge in [-0.05, 0) is 26.0 Å². The number of rotatable bonds is 4. The number of aromatic nitrogens is 2. The van der Waals surface area contributed by atoms with Gasteiger partial charge in [0.2, 0.25) is 0 Å². The van der Waals surface area contributed by atoms with Gasteiger partial charge in [-0.3, -0.25) is 4.79 Å². The number of hydrogen-bond donors (Lipinski definition) is 3. The van der Waals surface area contributed by atoms with Gasteiger partial charge in [0.15, 0.2) is 0 Å². The number of aryl methyl sites for hydroxylation is 1. The summed E-state index contributed by atoms with van der Waals surface area (Å²) in [4.78, 5) is 16.1. The van der Waals surface area contributed by atoms with Crippen molar-refractivity contribution in [3.8, 4) is 0 Å². The molecule has 2 aromatic rings. The highest BCUT2D eigenvalue weighted by Crippen LogP contribution is 2.08. The molecule has 102 valence electrons. The smallest absolute Gasteiger partial charge is 0.271 e. The molecule has 0 aromatic carbocycles. The van der Waals surface area contributed by atoms with Gasteiger partial charge in [0.05, 0.1) is 6.61 Å². The zero-order valence-electron chi connectivity index (χ0n) is 10.9. The van der Waals surface area contributed by atoms with E-state index in [1.54, 1.807) is 6.20 Å². The number of amides is 1. The molecule has 0 radical (unpaired) electrons. The Labute approximate surface area is 110 Å². The van der Waals surface area contributed by atoms with Crippen molar-refractivity contribution in [1.29, 1.82) is 0 Å². The lowest BCUT2D eigenvalue weighted by Gasteiger charge is -2.20. The van der Waals surface area contributed by atoms with Crippen LogP contribution in [0.5, 0.6) is 0 Å². The van der Waals surface area contributed by atoms with E-state index in [1.165, 1.54) is 6.92 Å². The Kier molecular flexibility index (Phi) is 3.55. The lowest BCUT2D eigenvalue weighted by Crippen LogP contribution is -2.43. The minimum absolute atomic E-state index is 0.0326. The Morgan fingerprint density at radius 3 is 2.89 bits per heavy atom. The van der Waals surface area contributed by atoms with Gasteiger partial charge in [0.25, 0.3) is 5.91 Å². The normalized spacial score (nSPS) is 14.3. The Hall–Kier alpha value is -1.92.